The van der Waals surface area contributed by atoms with Crippen LogP contribution in [0.5, 0.6) is 0 Å². The van der Waals surface area contributed by atoms with Crippen molar-refractivity contribution in [2.75, 3.05) is 20.1 Å². The second-order valence-corrected chi connectivity index (χ2v) is 5.71. The molecule has 0 saturated heterocycles. The molecule has 0 aromatic rings. The predicted molar refractivity (Wildman–Crippen MR) is 69.8 cm³/mol. The standard InChI is InChI=1S/C14H28N2/c1-16(14-9-3-2-4-10-14)12-6-11-15-13-7-5-8-13/h13-15H,2-12H2,1H3. The lowest BCUT2D eigenvalue weighted by molar-refractivity contribution is 0.188. The van der Waals surface area contributed by atoms with Gasteiger partial charge in [0, 0.05) is 12.1 Å². The van der Waals surface area contributed by atoms with E-state index >= 15 is 0 Å². The first kappa shape index (κ1) is 12.4. The highest BCUT2D eigenvalue weighted by Gasteiger charge is 2.18. The van der Waals surface area contributed by atoms with E-state index in [2.05, 4.69) is 17.3 Å². The summed E-state index contributed by atoms with van der Waals surface area (Å²) in [7, 11) is 2.32. The monoisotopic (exact) mass is 224 g/mol. The molecule has 0 aromatic carbocycles. The minimum absolute atomic E-state index is 0.861. The number of hydrogen-bond acceptors (Lipinski definition) is 2. The Balaban J connectivity index is 1.50. The molecule has 0 spiro atoms. The zero-order chi connectivity index (χ0) is 11.2. The van der Waals surface area contributed by atoms with Gasteiger partial charge in [0.05, 0.1) is 0 Å². The smallest absolute Gasteiger partial charge is 0.00922 e. The van der Waals surface area contributed by atoms with Gasteiger partial charge in [0.15, 0.2) is 0 Å². The highest BCUT2D eigenvalue weighted by atomic mass is 15.1. The molecule has 0 bridgehead atoms. The van der Waals surface area contributed by atoms with Crippen molar-refractivity contribution in [2.45, 2.75) is 69.9 Å². The zero-order valence-electron chi connectivity index (χ0n) is 10.9. The summed E-state index contributed by atoms with van der Waals surface area (Å²) in [5, 5.41) is 3.65. The fraction of sp³-hybridized carbons (Fsp3) is 1.00. The van der Waals surface area contributed by atoms with Crippen LogP contribution >= 0.6 is 0 Å². The van der Waals surface area contributed by atoms with E-state index in [1.54, 1.807) is 0 Å². The molecule has 0 aliphatic heterocycles. The fourth-order valence-corrected chi connectivity index (χ4v) is 2.95. The third kappa shape index (κ3) is 3.74. The van der Waals surface area contributed by atoms with E-state index in [1.807, 2.05) is 0 Å². The third-order valence-electron chi connectivity index (χ3n) is 4.42. The minimum atomic E-state index is 0.861. The van der Waals surface area contributed by atoms with Gasteiger partial charge in [0.1, 0.15) is 0 Å². The predicted octanol–water partition coefficient (Wildman–Crippen LogP) is 2.78. The molecule has 2 heteroatoms. The summed E-state index contributed by atoms with van der Waals surface area (Å²) >= 11 is 0. The van der Waals surface area contributed by atoms with Crippen LogP contribution in [0.25, 0.3) is 0 Å². The number of nitrogens with one attached hydrogen (secondary N) is 1. The van der Waals surface area contributed by atoms with Crippen LogP contribution in [-0.4, -0.2) is 37.1 Å². The summed E-state index contributed by atoms with van der Waals surface area (Å²) < 4.78 is 0. The molecule has 2 aliphatic carbocycles. The van der Waals surface area contributed by atoms with Crippen molar-refractivity contribution in [2.24, 2.45) is 0 Å². The molecule has 2 nitrogen and oxygen atoms in total. The highest BCUT2D eigenvalue weighted by molar-refractivity contribution is 4.77. The van der Waals surface area contributed by atoms with Gasteiger partial charge in [-0.25, -0.2) is 0 Å². The highest BCUT2D eigenvalue weighted by Crippen LogP contribution is 2.21. The van der Waals surface area contributed by atoms with Crippen LogP contribution < -0.4 is 5.32 Å². The number of rotatable bonds is 6. The lowest BCUT2D eigenvalue weighted by Crippen LogP contribution is -2.38. The van der Waals surface area contributed by atoms with Crippen LogP contribution in [0.15, 0.2) is 0 Å². The summed E-state index contributed by atoms with van der Waals surface area (Å²) in [6.07, 6.45) is 12.8. The van der Waals surface area contributed by atoms with Crippen molar-refractivity contribution in [3.05, 3.63) is 0 Å². The van der Waals surface area contributed by atoms with Gasteiger partial charge >= 0.3 is 0 Å². The summed E-state index contributed by atoms with van der Waals surface area (Å²) in [6, 6.07) is 1.75. The maximum Gasteiger partial charge on any atom is 0.00922 e. The third-order valence-corrected chi connectivity index (χ3v) is 4.42. The molecule has 0 unspecified atom stereocenters. The quantitative estimate of drug-likeness (QED) is 0.698. The first-order valence-corrected chi connectivity index (χ1v) is 7.30. The first-order valence-electron chi connectivity index (χ1n) is 7.30. The van der Waals surface area contributed by atoms with Gasteiger partial charge in [-0.15, -0.1) is 0 Å². The summed E-state index contributed by atoms with van der Waals surface area (Å²) in [4.78, 5) is 2.60. The van der Waals surface area contributed by atoms with Gasteiger partial charge in [0.25, 0.3) is 0 Å². The van der Waals surface area contributed by atoms with Crippen LogP contribution in [0.3, 0.4) is 0 Å². The van der Waals surface area contributed by atoms with Crippen molar-refractivity contribution in [3.63, 3.8) is 0 Å². The van der Waals surface area contributed by atoms with Gasteiger partial charge in [-0.3, -0.25) is 0 Å². The van der Waals surface area contributed by atoms with E-state index in [9.17, 15) is 0 Å². The number of hydrogen-bond donors (Lipinski definition) is 1. The van der Waals surface area contributed by atoms with Gasteiger partial charge < -0.3 is 10.2 Å². The van der Waals surface area contributed by atoms with Crippen LogP contribution in [0, 0.1) is 0 Å². The van der Waals surface area contributed by atoms with Crippen LogP contribution in [0.1, 0.15) is 57.8 Å². The number of nitrogens with zero attached hydrogens (tertiary/aromatic N) is 1. The Hall–Kier alpha value is -0.0800. The Morgan fingerprint density at radius 3 is 2.38 bits per heavy atom. The van der Waals surface area contributed by atoms with Crippen molar-refractivity contribution < 1.29 is 0 Å². The molecule has 1 N–H and O–H groups in total. The van der Waals surface area contributed by atoms with Crippen molar-refractivity contribution in [3.8, 4) is 0 Å². The molecule has 0 aromatic heterocycles. The Morgan fingerprint density at radius 2 is 1.75 bits per heavy atom. The Morgan fingerprint density at radius 1 is 1.00 bits per heavy atom. The molecule has 2 aliphatic rings. The first-order chi connectivity index (χ1) is 7.86. The Labute approximate surface area is 101 Å². The molecule has 0 amide bonds. The largest absolute Gasteiger partial charge is 0.314 e. The molecule has 2 saturated carbocycles. The molecule has 0 radical (unpaired) electrons. The lowest BCUT2D eigenvalue weighted by atomic mass is 9.93. The molecule has 2 rings (SSSR count). The molecule has 0 atom stereocenters. The maximum atomic E-state index is 3.65. The fourth-order valence-electron chi connectivity index (χ4n) is 2.95. The van der Waals surface area contributed by atoms with Crippen molar-refractivity contribution >= 4 is 0 Å². The molecule has 2 fully saturated rings. The average molecular weight is 224 g/mol. The van der Waals surface area contributed by atoms with Crippen molar-refractivity contribution in [1.82, 2.24) is 10.2 Å². The van der Waals surface area contributed by atoms with E-state index < -0.39 is 0 Å². The molecule has 0 heterocycles. The normalized spacial score (nSPS) is 23.6. The topological polar surface area (TPSA) is 15.3 Å². The van der Waals surface area contributed by atoms with Crippen molar-refractivity contribution in [1.29, 1.82) is 0 Å². The Bertz CT molecular complexity index is 183. The molecule has 16 heavy (non-hydrogen) atoms. The van der Waals surface area contributed by atoms with Gasteiger partial charge in [-0.1, -0.05) is 25.7 Å². The zero-order valence-corrected chi connectivity index (χ0v) is 10.9. The van der Waals surface area contributed by atoms with Crippen LogP contribution in [0.2, 0.25) is 0 Å². The second kappa shape index (κ2) is 6.61. The van der Waals surface area contributed by atoms with E-state index in [1.165, 1.54) is 70.9 Å². The summed E-state index contributed by atoms with van der Waals surface area (Å²) in [5.41, 5.74) is 0. The van der Waals surface area contributed by atoms with Gasteiger partial charge in [-0.05, 0) is 52.2 Å². The van der Waals surface area contributed by atoms with E-state index in [0.29, 0.717) is 0 Å². The van der Waals surface area contributed by atoms with E-state index in [0.717, 1.165) is 12.1 Å². The van der Waals surface area contributed by atoms with Gasteiger partial charge in [-0.2, -0.15) is 0 Å². The average Bonchev–Trinajstić information content (AvgIpc) is 2.27. The minimum Gasteiger partial charge on any atom is -0.314 e. The lowest BCUT2D eigenvalue weighted by Gasteiger charge is -2.32. The SMILES string of the molecule is CN(CCCNC1CCC1)C1CCCCC1. The van der Waals surface area contributed by atoms with Crippen LogP contribution in [-0.2, 0) is 0 Å². The Kier molecular flexibility index (Phi) is 5.11. The van der Waals surface area contributed by atoms with E-state index in [4.69, 9.17) is 0 Å². The molecular weight excluding hydrogens is 196 g/mol. The molecular formula is C14H28N2. The summed E-state index contributed by atoms with van der Waals surface area (Å²) in [6.45, 7) is 2.51. The second-order valence-electron chi connectivity index (χ2n) is 5.71. The molecule has 94 valence electrons. The van der Waals surface area contributed by atoms with Gasteiger partial charge in [0.2, 0.25) is 0 Å². The van der Waals surface area contributed by atoms with Crippen LogP contribution in [0.4, 0.5) is 0 Å². The van der Waals surface area contributed by atoms with E-state index in [-0.39, 0.29) is 0 Å². The summed E-state index contributed by atoms with van der Waals surface area (Å²) in [5.74, 6) is 0. The maximum absolute atomic E-state index is 3.65.